The van der Waals surface area contributed by atoms with Crippen molar-refractivity contribution < 1.29 is 9.47 Å². The van der Waals surface area contributed by atoms with E-state index in [2.05, 4.69) is 4.98 Å². The summed E-state index contributed by atoms with van der Waals surface area (Å²) >= 11 is 1.66. The fraction of sp³-hybridized carbons (Fsp3) is 0.625. The molecule has 0 aromatic carbocycles. The van der Waals surface area contributed by atoms with Gasteiger partial charge in [0.15, 0.2) is 0 Å². The maximum Gasteiger partial charge on any atom is 0.0902 e. The fourth-order valence-electron chi connectivity index (χ4n) is 1.01. The lowest BCUT2D eigenvalue weighted by atomic mass is 10.4. The van der Waals surface area contributed by atoms with E-state index in [9.17, 15) is 0 Å². The first-order valence-electron chi connectivity index (χ1n) is 3.71. The first kappa shape index (κ1) is 12.6. The molecule has 5 heteroatoms. The molecule has 0 bridgehead atoms. The standard InChI is InChI=1S/C8H13NO2S.BH3/c1-6-9-7(4-10-2)8(12-6)5-11-3;/h4-5H2,1-3H3;1H3. The van der Waals surface area contributed by atoms with Gasteiger partial charge in [-0.05, 0) is 6.92 Å². The van der Waals surface area contributed by atoms with Gasteiger partial charge < -0.3 is 9.47 Å². The molecule has 0 saturated heterocycles. The second kappa shape index (κ2) is 6.13. The van der Waals surface area contributed by atoms with E-state index < -0.39 is 0 Å². The second-order valence-electron chi connectivity index (χ2n) is 2.47. The van der Waals surface area contributed by atoms with Crippen molar-refractivity contribution >= 4 is 19.7 Å². The molecule has 1 rings (SSSR count). The van der Waals surface area contributed by atoms with Crippen LogP contribution in [0.4, 0.5) is 0 Å². The smallest absolute Gasteiger partial charge is 0.0902 e. The molecule has 0 aliphatic rings. The summed E-state index contributed by atoms with van der Waals surface area (Å²) in [6.45, 7) is 3.19. The van der Waals surface area contributed by atoms with Crippen LogP contribution in [-0.4, -0.2) is 27.6 Å². The van der Waals surface area contributed by atoms with E-state index in [-0.39, 0.29) is 8.41 Å². The molecule has 13 heavy (non-hydrogen) atoms. The van der Waals surface area contributed by atoms with Crippen molar-refractivity contribution in [2.45, 2.75) is 20.1 Å². The number of hydrogen-bond donors (Lipinski definition) is 0. The van der Waals surface area contributed by atoms with Gasteiger partial charge in [0.1, 0.15) is 0 Å². The molecule has 0 amide bonds. The van der Waals surface area contributed by atoms with Crippen molar-refractivity contribution in [1.82, 2.24) is 4.98 Å². The topological polar surface area (TPSA) is 31.4 Å². The molecule has 0 spiro atoms. The van der Waals surface area contributed by atoms with E-state index in [0.29, 0.717) is 13.2 Å². The van der Waals surface area contributed by atoms with E-state index in [1.165, 1.54) is 0 Å². The number of aryl methyl sites for hydroxylation is 1. The Morgan fingerprint density at radius 2 is 1.85 bits per heavy atom. The highest BCUT2D eigenvalue weighted by Crippen LogP contribution is 2.19. The average molecular weight is 201 g/mol. The van der Waals surface area contributed by atoms with Crippen LogP contribution in [0.25, 0.3) is 0 Å². The number of ether oxygens (including phenoxy) is 2. The maximum atomic E-state index is 5.04. The van der Waals surface area contributed by atoms with Gasteiger partial charge in [0, 0.05) is 14.2 Å². The monoisotopic (exact) mass is 201 g/mol. The number of nitrogens with zero attached hydrogens (tertiary/aromatic N) is 1. The zero-order valence-electron chi connectivity index (χ0n) is 7.59. The van der Waals surface area contributed by atoms with E-state index >= 15 is 0 Å². The molecule has 1 heterocycles. The highest BCUT2D eigenvalue weighted by atomic mass is 32.1. The predicted octanol–water partition coefficient (Wildman–Crippen LogP) is 0.560. The Balaban J connectivity index is 0.00000144. The molecule has 3 nitrogen and oxygen atoms in total. The molecule has 0 atom stereocenters. The lowest BCUT2D eigenvalue weighted by Gasteiger charge is -1.98. The van der Waals surface area contributed by atoms with Crippen LogP contribution in [0.2, 0.25) is 0 Å². The summed E-state index contributed by atoms with van der Waals surface area (Å²) in [4.78, 5) is 5.50. The summed E-state index contributed by atoms with van der Waals surface area (Å²) in [5.41, 5.74) is 1.00. The Bertz CT molecular complexity index is 229. The summed E-state index contributed by atoms with van der Waals surface area (Å²) in [6.07, 6.45) is 0. The van der Waals surface area contributed by atoms with Gasteiger partial charge in [-0.2, -0.15) is 0 Å². The van der Waals surface area contributed by atoms with Crippen molar-refractivity contribution in [2.24, 2.45) is 0 Å². The van der Waals surface area contributed by atoms with E-state index in [1.54, 1.807) is 25.6 Å². The van der Waals surface area contributed by atoms with Crippen LogP contribution >= 0.6 is 11.3 Å². The van der Waals surface area contributed by atoms with Crippen molar-refractivity contribution in [3.8, 4) is 0 Å². The number of hydrogen-bond acceptors (Lipinski definition) is 4. The van der Waals surface area contributed by atoms with E-state index in [4.69, 9.17) is 9.47 Å². The van der Waals surface area contributed by atoms with Gasteiger partial charge in [-0.1, -0.05) is 0 Å². The largest absolute Gasteiger partial charge is 0.379 e. The summed E-state index contributed by atoms with van der Waals surface area (Å²) in [5, 5.41) is 1.06. The van der Waals surface area contributed by atoms with Gasteiger partial charge in [-0.15, -0.1) is 11.3 Å². The Kier molecular flexibility index (Phi) is 5.95. The summed E-state index contributed by atoms with van der Waals surface area (Å²) in [5.74, 6) is 0. The van der Waals surface area contributed by atoms with Crippen molar-refractivity contribution in [1.29, 1.82) is 0 Å². The van der Waals surface area contributed by atoms with Crippen molar-refractivity contribution in [2.75, 3.05) is 14.2 Å². The summed E-state index contributed by atoms with van der Waals surface area (Å²) < 4.78 is 10.1. The van der Waals surface area contributed by atoms with Crippen LogP contribution in [0.5, 0.6) is 0 Å². The number of thiazole rings is 1. The zero-order chi connectivity index (χ0) is 8.97. The molecule has 0 fully saturated rings. The maximum absolute atomic E-state index is 5.04. The van der Waals surface area contributed by atoms with Gasteiger partial charge in [0.05, 0.1) is 37.2 Å². The fourth-order valence-corrected chi connectivity index (χ4v) is 1.92. The van der Waals surface area contributed by atoms with Gasteiger partial charge in [0.25, 0.3) is 0 Å². The predicted molar refractivity (Wildman–Crippen MR) is 58.2 cm³/mol. The van der Waals surface area contributed by atoms with Gasteiger partial charge in [-0.25, -0.2) is 4.98 Å². The molecule has 0 N–H and O–H groups in total. The molecule has 0 aliphatic carbocycles. The third-order valence-corrected chi connectivity index (χ3v) is 2.43. The molecule has 0 radical (unpaired) electrons. The number of rotatable bonds is 4. The minimum Gasteiger partial charge on any atom is -0.379 e. The SMILES string of the molecule is B.COCc1nc(C)sc1COC. The molecule has 1 aromatic heterocycles. The van der Waals surface area contributed by atoms with Gasteiger partial charge in [-0.3, -0.25) is 0 Å². The normalized spacial score (nSPS) is 9.77. The summed E-state index contributed by atoms with van der Waals surface area (Å²) in [7, 11) is 3.36. The number of methoxy groups -OCH3 is 2. The van der Waals surface area contributed by atoms with Crippen molar-refractivity contribution in [3.63, 3.8) is 0 Å². The third-order valence-electron chi connectivity index (χ3n) is 1.44. The molecule has 0 aliphatic heterocycles. The van der Waals surface area contributed by atoms with E-state index in [0.717, 1.165) is 15.6 Å². The lowest BCUT2D eigenvalue weighted by molar-refractivity contribution is 0.168. The molecular formula is C8H16BNO2S. The van der Waals surface area contributed by atoms with Crippen LogP contribution in [0, 0.1) is 6.92 Å². The first-order chi connectivity index (χ1) is 5.77. The first-order valence-corrected chi connectivity index (χ1v) is 4.52. The lowest BCUT2D eigenvalue weighted by Crippen LogP contribution is -1.94. The Morgan fingerprint density at radius 1 is 1.23 bits per heavy atom. The van der Waals surface area contributed by atoms with E-state index in [1.807, 2.05) is 6.92 Å². The molecule has 0 saturated carbocycles. The Hall–Kier alpha value is -0.385. The van der Waals surface area contributed by atoms with Crippen LogP contribution in [0.1, 0.15) is 15.6 Å². The molecular weight excluding hydrogens is 185 g/mol. The van der Waals surface area contributed by atoms with Crippen LogP contribution in [0.3, 0.4) is 0 Å². The summed E-state index contributed by atoms with van der Waals surface area (Å²) in [6, 6.07) is 0. The highest BCUT2D eigenvalue weighted by Gasteiger charge is 2.07. The Labute approximate surface area is 84.7 Å². The molecule has 0 unspecified atom stereocenters. The van der Waals surface area contributed by atoms with Crippen LogP contribution < -0.4 is 0 Å². The second-order valence-corrected chi connectivity index (χ2v) is 3.76. The van der Waals surface area contributed by atoms with Gasteiger partial charge >= 0.3 is 0 Å². The van der Waals surface area contributed by atoms with Gasteiger partial charge in [0.2, 0.25) is 0 Å². The molecule has 1 aromatic rings. The highest BCUT2D eigenvalue weighted by molar-refractivity contribution is 7.11. The minimum absolute atomic E-state index is 0. The zero-order valence-corrected chi connectivity index (χ0v) is 8.40. The van der Waals surface area contributed by atoms with Crippen LogP contribution in [-0.2, 0) is 22.7 Å². The van der Waals surface area contributed by atoms with Crippen molar-refractivity contribution in [3.05, 3.63) is 15.6 Å². The molecule has 74 valence electrons. The quantitative estimate of drug-likeness (QED) is 0.667. The minimum atomic E-state index is 0. The number of aromatic nitrogens is 1. The Morgan fingerprint density at radius 3 is 2.38 bits per heavy atom. The average Bonchev–Trinajstić information content (AvgIpc) is 2.33. The third kappa shape index (κ3) is 3.46. The van der Waals surface area contributed by atoms with Crippen LogP contribution in [0.15, 0.2) is 0 Å².